The molecule has 0 unspecified atom stereocenters. The van der Waals surface area contributed by atoms with Gasteiger partial charge in [-0.05, 0) is 38.4 Å². The summed E-state index contributed by atoms with van der Waals surface area (Å²) in [5.74, 6) is 0. The van der Waals surface area contributed by atoms with Gasteiger partial charge in [0.05, 0.1) is 0 Å². The summed E-state index contributed by atoms with van der Waals surface area (Å²) >= 11 is 5.34. The van der Waals surface area contributed by atoms with Gasteiger partial charge in [0.1, 0.15) is 0 Å². The molecule has 2 aliphatic rings. The van der Waals surface area contributed by atoms with Crippen LogP contribution < -0.4 is 5.32 Å². The molecule has 1 fully saturated rings. The number of hydrogen-bond donors (Lipinski definition) is 1. The van der Waals surface area contributed by atoms with Crippen LogP contribution in [0.25, 0.3) is 0 Å². The van der Waals surface area contributed by atoms with Gasteiger partial charge in [0.15, 0.2) is 5.11 Å². The van der Waals surface area contributed by atoms with Crippen LogP contribution in [0.15, 0.2) is 12.2 Å². The average Bonchev–Trinajstić information content (AvgIpc) is 2.85. The summed E-state index contributed by atoms with van der Waals surface area (Å²) in [4.78, 5) is 2.24. The average molecular weight is 196 g/mol. The number of nitrogens with zero attached hydrogens (tertiary/aromatic N) is 1. The van der Waals surface area contributed by atoms with E-state index in [-0.39, 0.29) is 0 Å². The lowest BCUT2D eigenvalue weighted by Crippen LogP contribution is -2.45. The van der Waals surface area contributed by atoms with Crippen LogP contribution in [-0.2, 0) is 0 Å². The van der Waals surface area contributed by atoms with E-state index in [9.17, 15) is 0 Å². The van der Waals surface area contributed by atoms with E-state index in [1.807, 2.05) is 0 Å². The number of nitrogens with one attached hydrogen (secondary N) is 1. The van der Waals surface area contributed by atoms with Gasteiger partial charge < -0.3 is 10.2 Å². The van der Waals surface area contributed by atoms with Crippen molar-refractivity contribution in [3.63, 3.8) is 0 Å². The second-order valence-electron chi connectivity index (χ2n) is 4.20. The second-order valence-corrected chi connectivity index (χ2v) is 4.58. The Morgan fingerprint density at radius 2 is 2.23 bits per heavy atom. The number of thiocarbonyl (C=S) groups is 1. The fraction of sp³-hybridized carbons (Fsp3) is 0.700. The quantitative estimate of drug-likeness (QED) is 0.507. The third kappa shape index (κ3) is 2.21. The molecule has 0 spiro atoms. The highest BCUT2D eigenvalue weighted by atomic mass is 32.1. The van der Waals surface area contributed by atoms with Gasteiger partial charge in [0, 0.05) is 18.6 Å². The third-order valence-electron chi connectivity index (χ3n) is 2.75. The van der Waals surface area contributed by atoms with Crippen molar-refractivity contribution in [1.29, 1.82) is 0 Å². The van der Waals surface area contributed by atoms with Gasteiger partial charge in [-0.1, -0.05) is 12.2 Å². The van der Waals surface area contributed by atoms with Crippen LogP contribution in [0.2, 0.25) is 0 Å². The monoisotopic (exact) mass is 196 g/mol. The van der Waals surface area contributed by atoms with Crippen LogP contribution in [0.5, 0.6) is 0 Å². The van der Waals surface area contributed by atoms with Gasteiger partial charge in [0.2, 0.25) is 0 Å². The Morgan fingerprint density at radius 3 is 2.77 bits per heavy atom. The van der Waals surface area contributed by atoms with Crippen LogP contribution in [0.3, 0.4) is 0 Å². The van der Waals surface area contributed by atoms with Crippen LogP contribution in [0.4, 0.5) is 0 Å². The summed E-state index contributed by atoms with van der Waals surface area (Å²) in [7, 11) is 0. The molecule has 0 aromatic carbocycles. The highest BCUT2D eigenvalue weighted by Crippen LogP contribution is 2.34. The Kier molecular flexibility index (Phi) is 2.28. The standard InChI is InChI=1S/C10H16N2S/c1-10(5-6-10)11-9(13)12-7-3-2-4-8-12/h2-3H,4-8H2,1H3,(H,11,13). The summed E-state index contributed by atoms with van der Waals surface area (Å²) in [5, 5.41) is 4.36. The highest BCUT2D eigenvalue weighted by Gasteiger charge is 2.38. The molecule has 1 aliphatic heterocycles. The minimum absolute atomic E-state index is 0.318. The summed E-state index contributed by atoms with van der Waals surface area (Å²) in [6.07, 6.45) is 8.05. The lowest BCUT2D eigenvalue weighted by atomic mass is 10.2. The molecule has 72 valence electrons. The van der Waals surface area contributed by atoms with Crippen LogP contribution >= 0.6 is 12.2 Å². The molecule has 1 aliphatic carbocycles. The van der Waals surface area contributed by atoms with Crippen molar-refractivity contribution in [3.8, 4) is 0 Å². The van der Waals surface area contributed by atoms with Crippen molar-refractivity contribution >= 4 is 17.3 Å². The van der Waals surface area contributed by atoms with E-state index >= 15 is 0 Å². The van der Waals surface area contributed by atoms with Gasteiger partial charge in [-0.15, -0.1) is 0 Å². The van der Waals surface area contributed by atoms with Crippen molar-refractivity contribution in [2.75, 3.05) is 13.1 Å². The Balaban J connectivity index is 1.85. The van der Waals surface area contributed by atoms with E-state index < -0.39 is 0 Å². The second kappa shape index (κ2) is 3.29. The first-order chi connectivity index (χ1) is 6.20. The predicted molar refractivity (Wildman–Crippen MR) is 58.7 cm³/mol. The Morgan fingerprint density at radius 1 is 1.46 bits per heavy atom. The maximum atomic E-state index is 5.34. The summed E-state index contributed by atoms with van der Waals surface area (Å²) in [6.45, 7) is 4.28. The van der Waals surface area contributed by atoms with E-state index in [2.05, 4.69) is 29.3 Å². The van der Waals surface area contributed by atoms with Crippen molar-refractivity contribution in [2.45, 2.75) is 31.7 Å². The SMILES string of the molecule is CC1(NC(=S)N2CC=CCC2)CC1. The fourth-order valence-corrected chi connectivity index (χ4v) is 1.89. The molecule has 0 amide bonds. The molecule has 0 aromatic heterocycles. The maximum Gasteiger partial charge on any atom is 0.169 e. The molecule has 0 radical (unpaired) electrons. The lowest BCUT2D eigenvalue weighted by Gasteiger charge is -2.28. The molecule has 2 nitrogen and oxygen atoms in total. The minimum atomic E-state index is 0.318. The van der Waals surface area contributed by atoms with Crippen LogP contribution in [-0.4, -0.2) is 28.6 Å². The van der Waals surface area contributed by atoms with Crippen molar-refractivity contribution in [2.24, 2.45) is 0 Å². The molecule has 0 saturated heterocycles. The van der Waals surface area contributed by atoms with Crippen LogP contribution in [0, 0.1) is 0 Å². The smallest absolute Gasteiger partial charge is 0.169 e. The first-order valence-corrected chi connectivity index (χ1v) is 5.33. The molecular formula is C10H16N2S. The van der Waals surface area contributed by atoms with Gasteiger partial charge in [-0.25, -0.2) is 0 Å². The molecule has 0 bridgehead atoms. The van der Waals surface area contributed by atoms with E-state index in [0.29, 0.717) is 5.54 Å². The molecule has 0 atom stereocenters. The molecule has 1 saturated carbocycles. The van der Waals surface area contributed by atoms with Crippen molar-refractivity contribution in [3.05, 3.63) is 12.2 Å². The van der Waals surface area contributed by atoms with E-state index in [1.54, 1.807) is 0 Å². The zero-order valence-corrected chi connectivity index (χ0v) is 8.86. The molecule has 1 N–H and O–H groups in total. The van der Waals surface area contributed by atoms with Gasteiger partial charge in [0.25, 0.3) is 0 Å². The Hall–Kier alpha value is -0.570. The molecule has 2 rings (SSSR count). The largest absolute Gasteiger partial charge is 0.357 e. The molecule has 13 heavy (non-hydrogen) atoms. The maximum absolute atomic E-state index is 5.34. The van der Waals surface area contributed by atoms with Gasteiger partial charge in [-0.3, -0.25) is 0 Å². The van der Waals surface area contributed by atoms with Gasteiger partial charge in [-0.2, -0.15) is 0 Å². The predicted octanol–water partition coefficient (Wildman–Crippen LogP) is 1.68. The van der Waals surface area contributed by atoms with E-state index in [0.717, 1.165) is 24.6 Å². The molecule has 0 aromatic rings. The minimum Gasteiger partial charge on any atom is -0.357 e. The lowest BCUT2D eigenvalue weighted by molar-refractivity contribution is 0.434. The van der Waals surface area contributed by atoms with Gasteiger partial charge >= 0.3 is 0 Å². The molecule has 1 heterocycles. The van der Waals surface area contributed by atoms with E-state index in [1.165, 1.54) is 12.8 Å². The fourth-order valence-electron chi connectivity index (χ4n) is 1.48. The topological polar surface area (TPSA) is 15.3 Å². The van der Waals surface area contributed by atoms with E-state index in [4.69, 9.17) is 12.2 Å². The highest BCUT2D eigenvalue weighted by molar-refractivity contribution is 7.80. The number of rotatable bonds is 1. The summed E-state index contributed by atoms with van der Waals surface area (Å²) < 4.78 is 0. The first kappa shape index (κ1) is 9.00. The first-order valence-electron chi connectivity index (χ1n) is 4.92. The zero-order chi connectivity index (χ0) is 9.31. The van der Waals surface area contributed by atoms with Crippen molar-refractivity contribution < 1.29 is 0 Å². The normalized spacial score (nSPS) is 24.2. The molecule has 3 heteroatoms. The number of hydrogen-bond acceptors (Lipinski definition) is 1. The summed E-state index contributed by atoms with van der Waals surface area (Å²) in [6, 6.07) is 0. The Labute approximate surface area is 85.0 Å². The van der Waals surface area contributed by atoms with Crippen LogP contribution in [0.1, 0.15) is 26.2 Å². The van der Waals surface area contributed by atoms with Crippen molar-refractivity contribution in [1.82, 2.24) is 10.2 Å². The zero-order valence-electron chi connectivity index (χ0n) is 8.05. The molecular weight excluding hydrogens is 180 g/mol. The summed E-state index contributed by atoms with van der Waals surface area (Å²) in [5.41, 5.74) is 0.318. The third-order valence-corrected chi connectivity index (χ3v) is 3.11. The Bertz CT molecular complexity index is 243.